The third kappa shape index (κ3) is 2.75. The first kappa shape index (κ1) is 13.8. The number of hydrogen-bond donors (Lipinski definition) is 1. The summed E-state index contributed by atoms with van der Waals surface area (Å²) >= 11 is 0. The highest BCUT2D eigenvalue weighted by molar-refractivity contribution is 5.83. The molecule has 0 bridgehead atoms. The molecular formula is C19H16FN3. The van der Waals surface area contributed by atoms with Crippen molar-refractivity contribution >= 4 is 10.9 Å². The maximum absolute atomic E-state index is 13.0. The SMILES string of the molecule is Fc1ccc(-c2cn(CCc3c[nH]c4ccccc34)cn2)cc1. The monoisotopic (exact) mass is 305 g/mol. The van der Waals surface area contributed by atoms with E-state index in [9.17, 15) is 4.39 Å². The van der Waals surface area contributed by atoms with E-state index in [1.54, 1.807) is 12.1 Å². The molecule has 114 valence electrons. The van der Waals surface area contributed by atoms with Gasteiger partial charge in [-0.05, 0) is 42.3 Å². The molecule has 0 atom stereocenters. The number of rotatable bonds is 4. The van der Waals surface area contributed by atoms with Crippen molar-refractivity contribution in [1.82, 2.24) is 14.5 Å². The lowest BCUT2D eigenvalue weighted by Gasteiger charge is -2.01. The Hall–Kier alpha value is -2.88. The lowest BCUT2D eigenvalue weighted by Crippen LogP contribution is -1.97. The number of aryl methyl sites for hydroxylation is 2. The number of H-pyrrole nitrogens is 1. The summed E-state index contributed by atoms with van der Waals surface area (Å²) in [5.41, 5.74) is 4.26. The van der Waals surface area contributed by atoms with E-state index in [2.05, 4.69) is 38.9 Å². The highest BCUT2D eigenvalue weighted by Gasteiger charge is 2.05. The number of nitrogens with zero attached hydrogens (tertiary/aromatic N) is 2. The van der Waals surface area contributed by atoms with Crippen LogP contribution in [0.4, 0.5) is 4.39 Å². The van der Waals surface area contributed by atoms with Crippen LogP contribution in [0.2, 0.25) is 0 Å². The zero-order valence-corrected chi connectivity index (χ0v) is 12.5. The molecule has 0 saturated heterocycles. The molecule has 0 aliphatic heterocycles. The third-order valence-electron chi connectivity index (χ3n) is 4.09. The van der Waals surface area contributed by atoms with Crippen molar-refractivity contribution in [2.45, 2.75) is 13.0 Å². The minimum absolute atomic E-state index is 0.229. The standard InChI is InChI=1S/C19H16FN3/c20-16-7-5-14(6-8-16)19-12-23(13-22-19)10-9-15-11-21-18-4-2-1-3-17(15)18/h1-8,11-13,21H,9-10H2. The van der Waals surface area contributed by atoms with Gasteiger partial charge in [0.2, 0.25) is 0 Å². The molecule has 4 aromatic rings. The van der Waals surface area contributed by atoms with Crippen molar-refractivity contribution in [1.29, 1.82) is 0 Å². The first-order valence-corrected chi connectivity index (χ1v) is 7.62. The number of nitrogens with one attached hydrogen (secondary N) is 1. The van der Waals surface area contributed by atoms with Crippen LogP contribution in [-0.2, 0) is 13.0 Å². The van der Waals surface area contributed by atoms with Crippen LogP contribution in [0, 0.1) is 5.82 Å². The number of aromatic amines is 1. The summed E-state index contributed by atoms with van der Waals surface area (Å²) in [7, 11) is 0. The number of hydrogen-bond acceptors (Lipinski definition) is 1. The smallest absolute Gasteiger partial charge is 0.123 e. The molecule has 0 spiro atoms. The average molecular weight is 305 g/mol. The highest BCUT2D eigenvalue weighted by atomic mass is 19.1. The Morgan fingerprint density at radius 2 is 1.87 bits per heavy atom. The van der Waals surface area contributed by atoms with Gasteiger partial charge in [0.05, 0.1) is 12.0 Å². The first-order valence-electron chi connectivity index (χ1n) is 7.62. The average Bonchev–Trinajstić information content (AvgIpc) is 3.20. The number of fused-ring (bicyclic) bond motifs is 1. The maximum atomic E-state index is 13.0. The van der Waals surface area contributed by atoms with E-state index in [-0.39, 0.29) is 5.82 Å². The number of para-hydroxylation sites is 1. The predicted octanol–water partition coefficient (Wildman–Crippen LogP) is 4.41. The Bertz CT molecular complexity index is 935. The maximum Gasteiger partial charge on any atom is 0.123 e. The van der Waals surface area contributed by atoms with E-state index in [1.807, 2.05) is 18.6 Å². The molecule has 3 nitrogen and oxygen atoms in total. The topological polar surface area (TPSA) is 33.6 Å². The fourth-order valence-electron chi connectivity index (χ4n) is 2.84. The molecule has 0 unspecified atom stereocenters. The van der Waals surface area contributed by atoms with Gasteiger partial charge in [0.25, 0.3) is 0 Å². The van der Waals surface area contributed by atoms with E-state index in [0.717, 1.165) is 24.2 Å². The number of halogens is 1. The third-order valence-corrected chi connectivity index (χ3v) is 4.09. The van der Waals surface area contributed by atoms with E-state index in [4.69, 9.17) is 0 Å². The molecule has 4 rings (SSSR count). The van der Waals surface area contributed by atoms with Crippen LogP contribution in [0.5, 0.6) is 0 Å². The van der Waals surface area contributed by atoms with E-state index >= 15 is 0 Å². The molecule has 0 fully saturated rings. The Morgan fingerprint density at radius 3 is 2.74 bits per heavy atom. The summed E-state index contributed by atoms with van der Waals surface area (Å²) in [4.78, 5) is 7.71. The molecule has 2 aromatic carbocycles. The Kier molecular flexibility index (Phi) is 3.42. The normalized spacial score (nSPS) is 11.2. The lowest BCUT2D eigenvalue weighted by atomic mass is 10.1. The van der Waals surface area contributed by atoms with Gasteiger partial charge in [-0.25, -0.2) is 9.37 Å². The van der Waals surface area contributed by atoms with Crippen LogP contribution < -0.4 is 0 Å². The quantitative estimate of drug-likeness (QED) is 0.595. The zero-order chi connectivity index (χ0) is 15.6. The first-order chi connectivity index (χ1) is 11.3. The molecular weight excluding hydrogens is 289 g/mol. The van der Waals surface area contributed by atoms with Crippen LogP contribution in [0.15, 0.2) is 67.3 Å². The van der Waals surface area contributed by atoms with Gasteiger partial charge in [-0.15, -0.1) is 0 Å². The summed E-state index contributed by atoms with van der Waals surface area (Å²) < 4.78 is 15.1. The van der Waals surface area contributed by atoms with Crippen LogP contribution >= 0.6 is 0 Å². The van der Waals surface area contributed by atoms with Crippen molar-refractivity contribution in [3.05, 3.63) is 78.6 Å². The largest absolute Gasteiger partial charge is 0.361 e. The van der Waals surface area contributed by atoms with Crippen molar-refractivity contribution < 1.29 is 4.39 Å². The Morgan fingerprint density at radius 1 is 1.04 bits per heavy atom. The van der Waals surface area contributed by atoms with Crippen LogP contribution in [-0.4, -0.2) is 14.5 Å². The molecule has 2 aromatic heterocycles. The van der Waals surface area contributed by atoms with Crippen LogP contribution in [0.1, 0.15) is 5.56 Å². The van der Waals surface area contributed by atoms with Gasteiger partial charge in [0.1, 0.15) is 5.82 Å². The molecule has 2 heterocycles. The summed E-state index contributed by atoms with van der Waals surface area (Å²) in [6.45, 7) is 0.857. The Balaban J connectivity index is 1.51. The lowest BCUT2D eigenvalue weighted by molar-refractivity contribution is 0.628. The molecule has 0 radical (unpaired) electrons. The zero-order valence-electron chi connectivity index (χ0n) is 12.5. The van der Waals surface area contributed by atoms with Crippen molar-refractivity contribution in [2.24, 2.45) is 0 Å². The van der Waals surface area contributed by atoms with E-state index in [0.29, 0.717) is 0 Å². The summed E-state index contributed by atoms with van der Waals surface area (Å²) in [5.74, 6) is -0.229. The van der Waals surface area contributed by atoms with Crippen LogP contribution in [0.25, 0.3) is 22.2 Å². The second kappa shape index (κ2) is 5.72. The summed E-state index contributed by atoms with van der Waals surface area (Å²) in [6.07, 6.45) is 6.83. The fraction of sp³-hybridized carbons (Fsp3) is 0.105. The molecule has 0 amide bonds. The Labute approximate surface area is 133 Å². The van der Waals surface area contributed by atoms with E-state index < -0.39 is 0 Å². The minimum Gasteiger partial charge on any atom is -0.361 e. The highest BCUT2D eigenvalue weighted by Crippen LogP contribution is 2.20. The molecule has 23 heavy (non-hydrogen) atoms. The number of aromatic nitrogens is 3. The second-order valence-corrected chi connectivity index (χ2v) is 5.61. The van der Waals surface area contributed by atoms with Crippen molar-refractivity contribution in [2.75, 3.05) is 0 Å². The number of imidazole rings is 1. The molecule has 1 N–H and O–H groups in total. The molecule has 0 aliphatic rings. The summed E-state index contributed by atoms with van der Waals surface area (Å²) in [5, 5.41) is 1.27. The van der Waals surface area contributed by atoms with Gasteiger partial charge < -0.3 is 9.55 Å². The van der Waals surface area contributed by atoms with Gasteiger partial charge in [-0.1, -0.05) is 18.2 Å². The van der Waals surface area contributed by atoms with Gasteiger partial charge in [-0.3, -0.25) is 0 Å². The minimum atomic E-state index is -0.229. The molecule has 0 saturated carbocycles. The number of benzene rings is 2. The fourth-order valence-corrected chi connectivity index (χ4v) is 2.84. The van der Waals surface area contributed by atoms with Crippen LogP contribution in [0.3, 0.4) is 0 Å². The van der Waals surface area contributed by atoms with Gasteiger partial charge in [0.15, 0.2) is 0 Å². The van der Waals surface area contributed by atoms with Gasteiger partial charge >= 0.3 is 0 Å². The van der Waals surface area contributed by atoms with E-state index in [1.165, 1.54) is 28.6 Å². The van der Waals surface area contributed by atoms with Crippen molar-refractivity contribution in [3.63, 3.8) is 0 Å². The molecule has 0 aliphatic carbocycles. The molecule has 4 heteroatoms. The van der Waals surface area contributed by atoms with Gasteiger partial charge in [0, 0.05) is 35.4 Å². The summed E-state index contributed by atoms with van der Waals surface area (Å²) in [6, 6.07) is 14.7. The van der Waals surface area contributed by atoms with Gasteiger partial charge in [-0.2, -0.15) is 0 Å². The van der Waals surface area contributed by atoms with Crippen molar-refractivity contribution in [3.8, 4) is 11.3 Å². The second-order valence-electron chi connectivity index (χ2n) is 5.61. The predicted molar refractivity (Wildman–Crippen MR) is 89.6 cm³/mol.